The van der Waals surface area contributed by atoms with Crippen LogP contribution in [-0.4, -0.2) is 44.7 Å². The number of aromatic nitrogens is 3. The number of fused-ring (bicyclic) bond motifs is 1. The number of likely N-dealkylation sites (tertiary alicyclic amines) is 1. The van der Waals surface area contributed by atoms with Crippen molar-refractivity contribution in [2.75, 3.05) is 19.6 Å². The van der Waals surface area contributed by atoms with E-state index >= 15 is 0 Å². The maximum atomic E-state index is 13.6. The molecule has 2 atom stereocenters. The van der Waals surface area contributed by atoms with E-state index in [1.807, 2.05) is 0 Å². The molecule has 3 aromatic rings. The van der Waals surface area contributed by atoms with Gasteiger partial charge in [0.2, 0.25) is 0 Å². The highest BCUT2D eigenvalue weighted by Gasteiger charge is 2.35. The van der Waals surface area contributed by atoms with E-state index in [1.165, 1.54) is 36.4 Å². The third kappa shape index (κ3) is 4.59. The zero-order valence-electron chi connectivity index (χ0n) is 19.0. The average molecular weight is 467 g/mol. The van der Waals surface area contributed by atoms with Crippen LogP contribution in [0.15, 0.2) is 53.3 Å². The Morgan fingerprint density at radius 3 is 2.35 bits per heavy atom. The normalized spacial score (nSPS) is 20.8. The van der Waals surface area contributed by atoms with Gasteiger partial charge in [0, 0.05) is 43.5 Å². The lowest BCUT2D eigenvalue weighted by atomic mass is 9.76. The standard InChI is InChI=1S/C26H28F2N4O2/c27-20-8-4-18(5-9-20)23-17-30(14-12-22(23)25(33)19-6-10-21(28)11-7-19)15-16-32-26(34)31-13-2-1-3-24(31)29-32/h4-11,22-23H,1-3,12-17H2. The van der Waals surface area contributed by atoms with E-state index in [-0.39, 0.29) is 34.9 Å². The molecule has 0 bridgehead atoms. The Bertz CT molecular complexity index is 1220. The molecule has 178 valence electrons. The SMILES string of the molecule is O=C(c1ccc(F)cc1)C1CCN(CCn2nc3n(c2=O)CCCC3)CC1c1ccc(F)cc1. The fourth-order valence-corrected chi connectivity index (χ4v) is 5.24. The molecule has 0 saturated carbocycles. The van der Waals surface area contributed by atoms with Gasteiger partial charge in [-0.1, -0.05) is 12.1 Å². The molecule has 2 aromatic carbocycles. The van der Waals surface area contributed by atoms with E-state index in [4.69, 9.17) is 0 Å². The summed E-state index contributed by atoms with van der Waals surface area (Å²) in [4.78, 5) is 28.2. The van der Waals surface area contributed by atoms with Crippen molar-refractivity contribution in [1.82, 2.24) is 19.2 Å². The van der Waals surface area contributed by atoms with Crippen molar-refractivity contribution in [3.63, 3.8) is 0 Å². The molecule has 0 spiro atoms. The Hall–Kier alpha value is -3.13. The van der Waals surface area contributed by atoms with Gasteiger partial charge in [-0.2, -0.15) is 5.10 Å². The van der Waals surface area contributed by atoms with Crippen LogP contribution in [0.25, 0.3) is 0 Å². The second-order valence-electron chi connectivity index (χ2n) is 9.26. The maximum absolute atomic E-state index is 13.6. The summed E-state index contributed by atoms with van der Waals surface area (Å²) in [5.74, 6) is -0.261. The largest absolute Gasteiger partial charge is 0.345 e. The number of carbonyl (C=O) groups is 1. The summed E-state index contributed by atoms with van der Waals surface area (Å²) in [6.07, 6.45) is 3.54. The van der Waals surface area contributed by atoms with Gasteiger partial charge in [0.15, 0.2) is 5.78 Å². The molecule has 2 aliphatic heterocycles. The van der Waals surface area contributed by atoms with Crippen molar-refractivity contribution in [1.29, 1.82) is 0 Å². The molecular weight excluding hydrogens is 438 g/mol. The molecule has 5 rings (SSSR count). The molecule has 8 heteroatoms. The first-order valence-corrected chi connectivity index (χ1v) is 11.9. The molecule has 34 heavy (non-hydrogen) atoms. The fourth-order valence-electron chi connectivity index (χ4n) is 5.24. The van der Waals surface area contributed by atoms with E-state index < -0.39 is 0 Å². The molecule has 0 aliphatic carbocycles. The molecule has 2 aliphatic rings. The molecule has 6 nitrogen and oxygen atoms in total. The number of halogens is 2. The number of aryl methyl sites for hydroxylation is 1. The van der Waals surface area contributed by atoms with Gasteiger partial charge >= 0.3 is 5.69 Å². The quantitative estimate of drug-likeness (QED) is 0.521. The lowest BCUT2D eigenvalue weighted by Gasteiger charge is -2.38. The third-order valence-electron chi connectivity index (χ3n) is 7.12. The van der Waals surface area contributed by atoms with E-state index in [0.717, 1.165) is 37.2 Å². The Morgan fingerprint density at radius 1 is 0.941 bits per heavy atom. The average Bonchev–Trinajstić information content (AvgIpc) is 3.18. The summed E-state index contributed by atoms with van der Waals surface area (Å²) in [6.45, 7) is 3.19. The van der Waals surface area contributed by atoms with Gasteiger partial charge in [-0.3, -0.25) is 9.36 Å². The van der Waals surface area contributed by atoms with Crippen LogP contribution in [0.3, 0.4) is 0 Å². The van der Waals surface area contributed by atoms with Gasteiger partial charge in [0.25, 0.3) is 0 Å². The minimum atomic E-state index is -0.377. The van der Waals surface area contributed by atoms with Crippen LogP contribution in [0.4, 0.5) is 8.78 Å². The van der Waals surface area contributed by atoms with Gasteiger partial charge in [-0.15, -0.1) is 0 Å². The highest BCUT2D eigenvalue weighted by molar-refractivity contribution is 5.98. The van der Waals surface area contributed by atoms with Crippen LogP contribution in [0.1, 0.15) is 46.9 Å². The Balaban J connectivity index is 1.33. The fraction of sp³-hybridized carbons (Fsp3) is 0.423. The highest BCUT2D eigenvalue weighted by Crippen LogP contribution is 2.35. The number of hydrogen-bond donors (Lipinski definition) is 0. The highest BCUT2D eigenvalue weighted by atomic mass is 19.1. The van der Waals surface area contributed by atoms with Gasteiger partial charge in [-0.25, -0.2) is 18.3 Å². The number of hydrogen-bond acceptors (Lipinski definition) is 4. The molecule has 1 saturated heterocycles. The molecular formula is C26H28F2N4O2. The van der Waals surface area contributed by atoms with Crippen molar-refractivity contribution in [3.8, 4) is 0 Å². The Morgan fingerprint density at radius 2 is 1.65 bits per heavy atom. The van der Waals surface area contributed by atoms with Gasteiger partial charge < -0.3 is 4.90 Å². The lowest BCUT2D eigenvalue weighted by Crippen LogP contribution is -2.43. The predicted octanol–water partition coefficient (Wildman–Crippen LogP) is 3.65. The van der Waals surface area contributed by atoms with Crippen LogP contribution >= 0.6 is 0 Å². The number of nitrogens with zero attached hydrogens (tertiary/aromatic N) is 4. The van der Waals surface area contributed by atoms with Crippen LogP contribution in [0.5, 0.6) is 0 Å². The Labute approximate surface area is 196 Å². The summed E-state index contributed by atoms with van der Waals surface area (Å²) >= 11 is 0. The molecule has 1 aromatic heterocycles. The summed E-state index contributed by atoms with van der Waals surface area (Å²) in [5.41, 5.74) is 1.34. The number of carbonyl (C=O) groups excluding carboxylic acids is 1. The first-order valence-electron chi connectivity index (χ1n) is 11.9. The van der Waals surface area contributed by atoms with Crippen molar-refractivity contribution in [3.05, 3.63) is 87.6 Å². The second-order valence-corrected chi connectivity index (χ2v) is 9.26. The molecule has 3 heterocycles. The number of ketones is 1. The van der Waals surface area contributed by atoms with Crippen molar-refractivity contribution >= 4 is 5.78 Å². The third-order valence-corrected chi connectivity index (χ3v) is 7.12. The zero-order valence-corrected chi connectivity index (χ0v) is 19.0. The maximum Gasteiger partial charge on any atom is 0.345 e. The first kappa shape index (κ1) is 22.7. The zero-order chi connectivity index (χ0) is 23.7. The predicted molar refractivity (Wildman–Crippen MR) is 124 cm³/mol. The van der Waals surface area contributed by atoms with Crippen LogP contribution in [0, 0.1) is 17.6 Å². The number of benzene rings is 2. The van der Waals surface area contributed by atoms with Crippen molar-refractivity contribution in [2.24, 2.45) is 5.92 Å². The number of piperidine rings is 1. The molecule has 0 N–H and O–H groups in total. The first-order chi connectivity index (χ1) is 16.5. The summed E-state index contributed by atoms with van der Waals surface area (Å²) in [5, 5.41) is 4.53. The van der Waals surface area contributed by atoms with E-state index in [9.17, 15) is 18.4 Å². The van der Waals surface area contributed by atoms with Crippen LogP contribution in [-0.2, 0) is 19.5 Å². The van der Waals surface area contributed by atoms with Gasteiger partial charge in [-0.05, 0) is 67.8 Å². The van der Waals surface area contributed by atoms with Crippen LogP contribution < -0.4 is 5.69 Å². The number of Topliss-reactive ketones (excluding diaryl/α,β-unsaturated/α-hetero) is 1. The lowest BCUT2D eigenvalue weighted by molar-refractivity contribution is 0.0793. The minimum absolute atomic E-state index is 0.0213. The monoisotopic (exact) mass is 466 g/mol. The minimum Gasteiger partial charge on any atom is -0.301 e. The van der Waals surface area contributed by atoms with E-state index in [1.54, 1.807) is 21.4 Å². The topological polar surface area (TPSA) is 60.1 Å². The van der Waals surface area contributed by atoms with Crippen molar-refractivity contribution < 1.29 is 13.6 Å². The number of rotatable bonds is 6. The van der Waals surface area contributed by atoms with E-state index in [2.05, 4.69) is 10.00 Å². The summed E-state index contributed by atoms with van der Waals surface area (Å²) in [7, 11) is 0. The molecule has 1 fully saturated rings. The summed E-state index contributed by atoms with van der Waals surface area (Å²) in [6, 6.07) is 12.0. The second kappa shape index (κ2) is 9.62. The smallest absolute Gasteiger partial charge is 0.301 e. The molecule has 0 radical (unpaired) electrons. The molecule has 2 unspecified atom stereocenters. The molecule has 0 amide bonds. The van der Waals surface area contributed by atoms with Crippen LogP contribution in [0.2, 0.25) is 0 Å². The van der Waals surface area contributed by atoms with Gasteiger partial charge in [0.1, 0.15) is 17.5 Å². The summed E-state index contributed by atoms with van der Waals surface area (Å²) < 4.78 is 30.3. The van der Waals surface area contributed by atoms with Gasteiger partial charge in [0.05, 0.1) is 6.54 Å². The van der Waals surface area contributed by atoms with Crippen molar-refractivity contribution in [2.45, 2.75) is 44.7 Å². The Kier molecular flexibility index (Phi) is 6.41. The van der Waals surface area contributed by atoms with E-state index in [0.29, 0.717) is 38.2 Å².